The lowest BCUT2D eigenvalue weighted by Gasteiger charge is -2.17. The molecule has 4 heteroatoms. The predicted octanol–water partition coefficient (Wildman–Crippen LogP) is -0.238. The number of nitrogens with one attached hydrogen (secondary N) is 1. The smallest absolute Gasteiger partial charge is 0.0700 e. The van der Waals surface area contributed by atoms with Crippen molar-refractivity contribution in [1.29, 1.82) is 0 Å². The summed E-state index contributed by atoms with van der Waals surface area (Å²) in [6.07, 6.45) is 2.60. The molecule has 2 unspecified atom stereocenters. The molecule has 13 heavy (non-hydrogen) atoms. The van der Waals surface area contributed by atoms with Gasteiger partial charge in [0.15, 0.2) is 0 Å². The van der Waals surface area contributed by atoms with Crippen molar-refractivity contribution in [1.82, 2.24) is 5.32 Å². The van der Waals surface area contributed by atoms with E-state index in [1.165, 1.54) is 0 Å². The second-order valence-corrected chi connectivity index (χ2v) is 3.38. The summed E-state index contributed by atoms with van der Waals surface area (Å²) in [7, 11) is 1.64. The quantitative estimate of drug-likeness (QED) is 0.605. The van der Waals surface area contributed by atoms with Crippen LogP contribution in [0.15, 0.2) is 0 Å². The Balaban J connectivity index is 2.07. The molecule has 0 amide bonds. The molecule has 1 heterocycles. The van der Waals surface area contributed by atoms with E-state index in [1.54, 1.807) is 7.11 Å². The Bertz CT molecular complexity index is 126. The number of ether oxygens (including phenoxy) is 2. The molecule has 1 aliphatic rings. The highest BCUT2D eigenvalue weighted by Gasteiger charge is 2.16. The number of rotatable bonds is 6. The average Bonchev–Trinajstić information content (AvgIpc) is 2.64. The largest absolute Gasteiger partial charge is 0.395 e. The van der Waals surface area contributed by atoms with Crippen LogP contribution in [-0.2, 0) is 9.47 Å². The fourth-order valence-corrected chi connectivity index (χ4v) is 1.48. The first kappa shape index (κ1) is 10.9. The average molecular weight is 189 g/mol. The van der Waals surface area contributed by atoms with Gasteiger partial charge >= 0.3 is 0 Å². The van der Waals surface area contributed by atoms with E-state index in [1.807, 2.05) is 0 Å². The van der Waals surface area contributed by atoms with Crippen molar-refractivity contribution in [2.45, 2.75) is 25.0 Å². The second kappa shape index (κ2) is 6.32. The summed E-state index contributed by atoms with van der Waals surface area (Å²) in [4.78, 5) is 0. The molecule has 0 aromatic carbocycles. The van der Waals surface area contributed by atoms with Crippen molar-refractivity contribution >= 4 is 0 Å². The van der Waals surface area contributed by atoms with Crippen LogP contribution in [0.5, 0.6) is 0 Å². The minimum absolute atomic E-state index is 0.0363. The van der Waals surface area contributed by atoms with Crippen LogP contribution in [0.1, 0.15) is 12.8 Å². The van der Waals surface area contributed by atoms with Gasteiger partial charge in [0, 0.05) is 20.3 Å². The predicted molar refractivity (Wildman–Crippen MR) is 49.7 cm³/mol. The van der Waals surface area contributed by atoms with E-state index in [-0.39, 0.29) is 12.6 Å². The highest BCUT2D eigenvalue weighted by atomic mass is 16.5. The fourth-order valence-electron chi connectivity index (χ4n) is 1.48. The van der Waals surface area contributed by atoms with E-state index in [2.05, 4.69) is 5.32 Å². The van der Waals surface area contributed by atoms with Gasteiger partial charge in [-0.2, -0.15) is 0 Å². The van der Waals surface area contributed by atoms with E-state index in [9.17, 15) is 0 Å². The highest BCUT2D eigenvalue weighted by Crippen LogP contribution is 2.10. The molecule has 1 fully saturated rings. The molecule has 0 aromatic heterocycles. The molecule has 1 saturated heterocycles. The van der Waals surface area contributed by atoms with Gasteiger partial charge in [-0.05, 0) is 12.8 Å². The van der Waals surface area contributed by atoms with Crippen LogP contribution in [-0.4, -0.2) is 50.7 Å². The second-order valence-electron chi connectivity index (χ2n) is 3.38. The molecule has 2 atom stereocenters. The summed E-state index contributed by atoms with van der Waals surface area (Å²) in [5.41, 5.74) is 0. The molecule has 0 bridgehead atoms. The Hall–Kier alpha value is -0.160. The zero-order chi connectivity index (χ0) is 9.52. The molecule has 0 aromatic rings. The minimum atomic E-state index is 0.0363. The van der Waals surface area contributed by atoms with Crippen molar-refractivity contribution < 1.29 is 14.6 Å². The maximum atomic E-state index is 8.95. The molecule has 78 valence electrons. The molecular weight excluding hydrogens is 170 g/mol. The van der Waals surface area contributed by atoms with Gasteiger partial charge in [0.1, 0.15) is 0 Å². The van der Waals surface area contributed by atoms with Gasteiger partial charge in [0.05, 0.1) is 25.4 Å². The number of aliphatic hydroxyl groups excluding tert-OH is 1. The van der Waals surface area contributed by atoms with Crippen molar-refractivity contribution in [2.24, 2.45) is 0 Å². The molecule has 0 spiro atoms. The maximum absolute atomic E-state index is 8.95. The van der Waals surface area contributed by atoms with Crippen LogP contribution in [0.25, 0.3) is 0 Å². The van der Waals surface area contributed by atoms with Crippen LogP contribution in [0.2, 0.25) is 0 Å². The Kier molecular flexibility index (Phi) is 5.31. The summed E-state index contributed by atoms with van der Waals surface area (Å²) >= 11 is 0. The Morgan fingerprint density at radius 1 is 1.69 bits per heavy atom. The van der Waals surface area contributed by atoms with Crippen molar-refractivity contribution in [3.8, 4) is 0 Å². The lowest BCUT2D eigenvalue weighted by atomic mass is 10.2. The lowest BCUT2D eigenvalue weighted by molar-refractivity contribution is 0.0887. The zero-order valence-electron chi connectivity index (χ0n) is 8.16. The summed E-state index contributed by atoms with van der Waals surface area (Å²) in [6.45, 7) is 2.35. The normalized spacial score (nSPS) is 24.9. The first-order valence-electron chi connectivity index (χ1n) is 4.81. The summed E-state index contributed by atoms with van der Waals surface area (Å²) in [5, 5.41) is 12.2. The molecular formula is C9H19NO3. The topological polar surface area (TPSA) is 50.7 Å². The number of methoxy groups -OCH3 is 1. The van der Waals surface area contributed by atoms with Crippen LogP contribution >= 0.6 is 0 Å². The van der Waals surface area contributed by atoms with Crippen LogP contribution in [0.4, 0.5) is 0 Å². The van der Waals surface area contributed by atoms with Crippen LogP contribution in [0, 0.1) is 0 Å². The third-order valence-electron chi connectivity index (χ3n) is 2.25. The third-order valence-corrected chi connectivity index (χ3v) is 2.25. The fraction of sp³-hybridized carbons (Fsp3) is 1.00. The molecule has 0 radical (unpaired) electrons. The Morgan fingerprint density at radius 2 is 2.54 bits per heavy atom. The van der Waals surface area contributed by atoms with Crippen LogP contribution < -0.4 is 5.32 Å². The zero-order valence-corrected chi connectivity index (χ0v) is 8.16. The van der Waals surface area contributed by atoms with Gasteiger partial charge in [0.25, 0.3) is 0 Å². The first-order valence-corrected chi connectivity index (χ1v) is 4.81. The van der Waals surface area contributed by atoms with Gasteiger partial charge in [0.2, 0.25) is 0 Å². The van der Waals surface area contributed by atoms with Gasteiger partial charge < -0.3 is 19.9 Å². The molecule has 2 N–H and O–H groups in total. The molecule has 1 rings (SSSR count). The molecule has 0 saturated carbocycles. The molecule has 1 aliphatic heterocycles. The Morgan fingerprint density at radius 3 is 3.08 bits per heavy atom. The summed E-state index contributed by atoms with van der Waals surface area (Å²) in [6, 6.07) is 0.0363. The van der Waals surface area contributed by atoms with Gasteiger partial charge in [-0.3, -0.25) is 0 Å². The first-order chi connectivity index (χ1) is 6.36. The third kappa shape index (κ3) is 4.04. The minimum Gasteiger partial charge on any atom is -0.395 e. The van der Waals surface area contributed by atoms with E-state index in [4.69, 9.17) is 14.6 Å². The Labute approximate surface area is 79.2 Å². The SMILES string of the molecule is COCC(CO)NCC1CCCO1. The maximum Gasteiger partial charge on any atom is 0.0700 e. The van der Waals surface area contributed by atoms with Gasteiger partial charge in [-0.1, -0.05) is 0 Å². The van der Waals surface area contributed by atoms with E-state index in [0.29, 0.717) is 12.7 Å². The molecule has 0 aliphatic carbocycles. The lowest BCUT2D eigenvalue weighted by Crippen LogP contribution is -2.40. The van der Waals surface area contributed by atoms with Crippen molar-refractivity contribution in [2.75, 3.05) is 33.5 Å². The highest BCUT2D eigenvalue weighted by molar-refractivity contribution is 4.71. The number of hydrogen-bond acceptors (Lipinski definition) is 4. The number of aliphatic hydroxyl groups is 1. The summed E-state index contributed by atoms with van der Waals surface area (Å²) in [5.74, 6) is 0. The van der Waals surface area contributed by atoms with Crippen molar-refractivity contribution in [3.05, 3.63) is 0 Å². The van der Waals surface area contributed by atoms with Crippen molar-refractivity contribution in [3.63, 3.8) is 0 Å². The van der Waals surface area contributed by atoms with Gasteiger partial charge in [-0.15, -0.1) is 0 Å². The number of hydrogen-bond donors (Lipinski definition) is 2. The summed E-state index contributed by atoms with van der Waals surface area (Å²) < 4.78 is 10.4. The van der Waals surface area contributed by atoms with Gasteiger partial charge in [-0.25, -0.2) is 0 Å². The molecule has 4 nitrogen and oxygen atoms in total. The monoisotopic (exact) mass is 189 g/mol. The van der Waals surface area contributed by atoms with E-state index < -0.39 is 0 Å². The van der Waals surface area contributed by atoms with Crippen LogP contribution in [0.3, 0.4) is 0 Å². The van der Waals surface area contributed by atoms with E-state index >= 15 is 0 Å². The standard InChI is InChI=1S/C9H19NO3/c1-12-7-8(6-11)10-5-9-3-2-4-13-9/h8-11H,2-7H2,1H3. The van der Waals surface area contributed by atoms with E-state index in [0.717, 1.165) is 26.0 Å².